The molecule has 0 spiro atoms. The van der Waals surface area contributed by atoms with Crippen LogP contribution in [0.3, 0.4) is 0 Å². The van der Waals surface area contributed by atoms with Crippen molar-refractivity contribution in [3.63, 3.8) is 0 Å². The summed E-state index contributed by atoms with van der Waals surface area (Å²) in [5.41, 5.74) is 2.63. The molecule has 174 valence electrons. The molecule has 0 N–H and O–H groups in total. The summed E-state index contributed by atoms with van der Waals surface area (Å²) in [5.74, 6) is 2.18. The molecule has 2 aliphatic rings. The number of likely N-dealkylation sites (tertiary alicyclic amines) is 1. The molecule has 1 saturated carbocycles. The first-order valence-electron chi connectivity index (χ1n) is 11.8. The summed E-state index contributed by atoms with van der Waals surface area (Å²) in [7, 11) is 3.47. The fraction of sp³-hybridized carbons (Fsp3) is 0.577. The summed E-state index contributed by atoms with van der Waals surface area (Å²) < 4.78 is 11.1. The Hall–Kier alpha value is -1.89. The Balaban J connectivity index is 1.55. The monoisotopic (exact) mass is 456 g/mol. The Labute approximate surface area is 196 Å². The summed E-state index contributed by atoms with van der Waals surface area (Å²) in [6, 6.07) is 10.6. The van der Waals surface area contributed by atoms with Gasteiger partial charge in [-0.25, -0.2) is 0 Å². The van der Waals surface area contributed by atoms with E-state index in [4.69, 9.17) is 9.47 Å². The van der Waals surface area contributed by atoms with E-state index in [2.05, 4.69) is 44.8 Å². The van der Waals surface area contributed by atoms with Crippen molar-refractivity contribution < 1.29 is 14.3 Å². The smallest absolute Gasteiger partial charge is 0.225 e. The maximum atomic E-state index is 13.4. The molecule has 32 heavy (non-hydrogen) atoms. The van der Waals surface area contributed by atoms with Crippen LogP contribution < -0.4 is 4.74 Å². The highest BCUT2D eigenvalue weighted by Crippen LogP contribution is 2.39. The Morgan fingerprint density at radius 2 is 1.97 bits per heavy atom. The van der Waals surface area contributed by atoms with Gasteiger partial charge in [0.1, 0.15) is 5.75 Å². The fourth-order valence-electron chi connectivity index (χ4n) is 5.45. The van der Waals surface area contributed by atoms with E-state index in [0.29, 0.717) is 30.9 Å². The molecule has 1 saturated heterocycles. The van der Waals surface area contributed by atoms with Crippen molar-refractivity contribution >= 4 is 17.2 Å². The van der Waals surface area contributed by atoms with Crippen LogP contribution in [0, 0.1) is 11.8 Å². The minimum atomic E-state index is 0.194. The SMILES string of the molecule is COCCN(CC1CN(Cc2ccsc2)CC1c1ccccc1OC)C(=O)C1CCCC1. The molecular weight excluding hydrogens is 420 g/mol. The van der Waals surface area contributed by atoms with Gasteiger partial charge in [0.15, 0.2) is 0 Å². The number of carbonyl (C=O) groups excluding carboxylic acids is 1. The van der Waals surface area contributed by atoms with E-state index < -0.39 is 0 Å². The molecule has 4 rings (SSSR count). The van der Waals surface area contributed by atoms with Gasteiger partial charge in [-0.2, -0.15) is 11.3 Å². The van der Waals surface area contributed by atoms with Gasteiger partial charge < -0.3 is 14.4 Å². The molecule has 1 aliphatic carbocycles. The summed E-state index contributed by atoms with van der Waals surface area (Å²) in [4.78, 5) is 18.0. The Morgan fingerprint density at radius 3 is 2.69 bits per heavy atom. The van der Waals surface area contributed by atoms with E-state index in [1.54, 1.807) is 25.6 Å². The summed E-state index contributed by atoms with van der Waals surface area (Å²) in [6.07, 6.45) is 4.42. The lowest BCUT2D eigenvalue weighted by Gasteiger charge is -2.30. The van der Waals surface area contributed by atoms with E-state index in [1.807, 2.05) is 6.07 Å². The molecule has 2 aromatic rings. The minimum absolute atomic E-state index is 0.194. The Morgan fingerprint density at radius 1 is 1.16 bits per heavy atom. The normalized spacial score (nSPS) is 21.8. The van der Waals surface area contributed by atoms with Crippen molar-refractivity contribution in [1.82, 2.24) is 9.80 Å². The van der Waals surface area contributed by atoms with Crippen LogP contribution in [0.2, 0.25) is 0 Å². The molecule has 6 heteroatoms. The zero-order valence-corrected chi connectivity index (χ0v) is 20.2. The molecular formula is C26H36N2O3S. The molecule has 1 aromatic carbocycles. The van der Waals surface area contributed by atoms with E-state index >= 15 is 0 Å². The fourth-order valence-corrected chi connectivity index (χ4v) is 6.11. The summed E-state index contributed by atoms with van der Waals surface area (Å²) in [5, 5.41) is 4.38. The molecule has 2 unspecified atom stereocenters. The zero-order valence-electron chi connectivity index (χ0n) is 19.4. The van der Waals surface area contributed by atoms with Gasteiger partial charge in [-0.05, 0) is 52.8 Å². The predicted octanol–water partition coefficient (Wildman–Crippen LogP) is 4.64. The highest BCUT2D eigenvalue weighted by Gasteiger charge is 2.38. The molecule has 1 amide bonds. The van der Waals surface area contributed by atoms with E-state index in [0.717, 1.165) is 44.8 Å². The van der Waals surface area contributed by atoms with E-state index in [1.165, 1.54) is 24.0 Å². The molecule has 1 aliphatic heterocycles. The van der Waals surface area contributed by atoms with Gasteiger partial charge in [-0.15, -0.1) is 0 Å². The van der Waals surface area contributed by atoms with Crippen LogP contribution in [-0.2, 0) is 16.1 Å². The van der Waals surface area contributed by atoms with Gasteiger partial charge in [0.2, 0.25) is 5.91 Å². The lowest BCUT2D eigenvalue weighted by molar-refractivity contribution is -0.136. The molecule has 2 atom stereocenters. The topological polar surface area (TPSA) is 42.0 Å². The third-order valence-corrected chi connectivity index (χ3v) is 7.81. The average molecular weight is 457 g/mol. The average Bonchev–Trinajstić information content (AvgIpc) is 3.59. The number of thiophene rings is 1. The van der Waals surface area contributed by atoms with Crippen LogP contribution in [0.5, 0.6) is 5.75 Å². The number of rotatable bonds is 10. The number of hydrogen-bond acceptors (Lipinski definition) is 5. The second-order valence-corrected chi connectivity index (χ2v) is 9.97. The standard InChI is InChI=1S/C26H36N2O3S/c1-30-13-12-28(26(29)21-7-3-4-8-21)17-22-16-27(15-20-11-14-32-19-20)18-24(22)23-9-5-6-10-25(23)31-2/h5-6,9-11,14,19,21-22,24H,3-4,7-8,12-13,15-18H2,1-2H3. The van der Waals surface area contributed by atoms with Crippen LogP contribution >= 0.6 is 11.3 Å². The first-order valence-corrected chi connectivity index (χ1v) is 12.8. The van der Waals surface area contributed by atoms with Crippen LogP contribution in [0.4, 0.5) is 0 Å². The van der Waals surface area contributed by atoms with Gasteiger partial charge in [0.05, 0.1) is 13.7 Å². The second kappa shape index (κ2) is 11.3. The largest absolute Gasteiger partial charge is 0.496 e. The van der Waals surface area contributed by atoms with Crippen molar-refractivity contribution in [2.24, 2.45) is 11.8 Å². The summed E-state index contributed by atoms with van der Waals surface area (Å²) in [6.45, 7) is 4.97. The van der Waals surface area contributed by atoms with Crippen LogP contribution in [0.1, 0.15) is 42.7 Å². The van der Waals surface area contributed by atoms with E-state index in [9.17, 15) is 4.79 Å². The lowest BCUT2D eigenvalue weighted by atomic mass is 9.87. The quantitative estimate of drug-likeness (QED) is 0.522. The van der Waals surface area contributed by atoms with Crippen molar-refractivity contribution in [1.29, 1.82) is 0 Å². The van der Waals surface area contributed by atoms with Gasteiger partial charge in [-0.1, -0.05) is 31.0 Å². The van der Waals surface area contributed by atoms with Gasteiger partial charge in [0.25, 0.3) is 0 Å². The number of para-hydroxylation sites is 1. The Bertz CT molecular complexity index is 851. The van der Waals surface area contributed by atoms with Crippen LogP contribution in [0.15, 0.2) is 41.1 Å². The van der Waals surface area contributed by atoms with Gasteiger partial charge in [0, 0.05) is 51.7 Å². The third kappa shape index (κ3) is 5.53. The van der Waals surface area contributed by atoms with Crippen LogP contribution in [-0.4, -0.2) is 62.7 Å². The number of amides is 1. The number of nitrogens with zero attached hydrogens (tertiary/aromatic N) is 2. The minimum Gasteiger partial charge on any atom is -0.496 e. The maximum Gasteiger partial charge on any atom is 0.225 e. The number of methoxy groups -OCH3 is 2. The lowest BCUT2D eigenvalue weighted by Crippen LogP contribution is -2.42. The summed E-state index contributed by atoms with van der Waals surface area (Å²) >= 11 is 1.75. The molecule has 0 bridgehead atoms. The highest BCUT2D eigenvalue weighted by molar-refractivity contribution is 7.07. The second-order valence-electron chi connectivity index (χ2n) is 9.19. The van der Waals surface area contributed by atoms with Gasteiger partial charge in [-0.3, -0.25) is 9.69 Å². The van der Waals surface area contributed by atoms with Crippen LogP contribution in [0.25, 0.3) is 0 Å². The molecule has 2 heterocycles. The third-order valence-electron chi connectivity index (χ3n) is 7.08. The van der Waals surface area contributed by atoms with E-state index in [-0.39, 0.29) is 5.92 Å². The van der Waals surface area contributed by atoms with Crippen molar-refractivity contribution in [2.45, 2.75) is 38.1 Å². The van der Waals surface area contributed by atoms with Gasteiger partial charge >= 0.3 is 0 Å². The number of ether oxygens (including phenoxy) is 2. The molecule has 5 nitrogen and oxygen atoms in total. The highest BCUT2D eigenvalue weighted by atomic mass is 32.1. The molecule has 2 fully saturated rings. The zero-order chi connectivity index (χ0) is 22.3. The number of benzene rings is 1. The first-order chi connectivity index (χ1) is 15.7. The predicted molar refractivity (Wildman–Crippen MR) is 129 cm³/mol. The number of carbonyl (C=O) groups is 1. The number of hydrogen-bond donors (Lipinski definition) is 0. The molecule has 1 aromatic heterocycles. The molecule has 0 radical (unpaired) electrons. The van der Waals surface area contributed by atoms with Crippen molar-refractivity contribution in [2.75, 3.05) is 47.0 Å². The Kier molecular flexibility index (Phi) is 8.22. The van der Waals surface area contributed by atoms with Crippen molar-refractivity contribution in [3.8, 4) is 5.75 Å². The first kappa shape index (κ1) is 23.3. The maximum absolute atomic E-state index is 13.4. The van der Waals surface area contributed by atoms with Crippen molar-refractivity contribution in [3.05, 3.63) is 52.2 Å².